The van der Waals surface area contributed by atoms with Crippen molar-refractivity contribution in [2.75, 3.05) is 4.90 Å². The summed E-state index contributed by atoms with van der Waals surface area (Å²) in [5.74, 6) is 0. The van der Waals surface area contributed by atoms with Crippen LogP contribution in [0.15, 0.2) is 48.5 Å². The van der Waals surface area contributed by atoms with E-state index in [0.717, 1.165) is 30.6 Å². The minimum Gasteiger partial charge on any atom is -0.464 e. The van der Waals surface area contributed by atoms with Gasteiger partial charge in [0, 0.05) is 0 Å². The van der Waals surface area contributed by atoms with E-state index in [9.17, 15) is 9.90 Å². The summed E-state index contributed by atoms with van der Waals surface area (Å²) in [7, 11) is 0. The normalized spacial score (nSPS) is 11.3. The van der Waals surface area contributed by atoms with Crippen LogP contribution in [-0.4, -0.2) is 11.2 Å². The fraction of sp³-hybridized carbons (Fsp3) is 0.735. The Hall–Kier alpha value is -2.29. The highest BCUT2D eigenvalue weighted by molar-refractivity contribution is 5.95. The molecule has 0 aromatic heterocycles. The third kappa shape index (κ3) is 22.7. The van der Waals surface area contributed by atoms with Gasteiger partial charge in [-0.1, -0.05) is 237 Å². The quantitative estimate of drug-likeness (QED) is 0.0713. The predicted octanol–water partition coefficient (Wildman–Crippen LogP) is 17.1. The molecule has 0 atom stereocenters. The smallest absolute Gasteiger partial charge is 0.416 e. The Morgan fingerprint density at radius 3 is 1.13 bits per heavy atom. The molecule has 0 saturated carbocycles. The van der Waals surface area contributed by atoms with E-state index >= 15 is 0 Å². The fourth-order valence-corrected chi connectivity index (χ4v) is 8.00. The molecule has 0 heterocycles. The Labute approximate surface area is 323 Å². The summed E-state index contributed by atoms with van der Waals surface area (Å²) in [6, 6.07) is 16.0. The number of amides is 1. The Balaban J connectivity index is 1.71. The van der Waals surface area contributed by atoms with E-state index in [1.165, 1.54) is 215 Å². The monoisotopic (exact) mass is 718 g/mol. The molecule has 0 spiro atoms. The Morgan fingerprint density at radius 1 is 0.423 bits per heavy atom. The van der Waals surface area contributed by atoms with Gasteiger partial charge in [0.05, 0.1) is 11.4 Å². The number of aryl methyl sites for hydroxylation is 1. The lowest BCUT2D eigenvalue weighted by molar-refractivity contribution is 0.204. The number of hydrogen-bond acceptors (Lipinski definition) is 1. The second-order valence-corrected chi connectivity index (χ2v) is 16.0. The molecule has 0 bridgehead atoms. The van der Waals surface area contributed by atoms with Crippen molar-refractivity contribution in [3.63, 3.8) is 0 Å². The molecule has 0 fully saturated rings. The summed E-state index contributed by atoms with van der Waals surface area (Å²) < 4.78 is 0. The lowest BCUT2D eigenvalue weighted by Gasteiger charge is -2.24. The van der Waals surface area contributed by atoms with Crippen molar-refractivity contribution in [1.82, 2.24) is 0 Å². The number of para-hydroxylation sites is 1. The Kier molecular flexibility index (Phi) is 29.4. The van der Waals surface area contributed by atoms with Gasteiger partial charge in [0.1, 0.15) is 0 Å². The largest absolute Gasteiger partial charge is 0.464 e. The number of benzene rings is 2. The van der Waals surface area contributed by atoms with Crippen molar-refractivity contribution < 1.29 is 9.90 Å². The van der Waals surface area contributed by atoms with Crippen LogP contribution in [0.5, 0.6) is 0 Å². The highest BCUT2D eigenvalue weighted by Crippen LogP contribution is 2.33. The van der Waals surface area contributed by atoms with E-state index < -0.39 is 6.09 Å². The van der Waals surface area contributed by atoms with Gasteiger partial charge >= 0.3 is 6.09 Å². The molecule has 2 rings (SSSR count). The van der Waals surface area contributed by atoms with Crippen molar-refractivity contribution in [2.45, 2.75) is 232 Å². The minimum absolute atomic E-state index is 0.725. The first-order chi connectivity index (χ1) is 25.7. The van der Waals surface area contributed by atoms with Crippen LogP contribution in [0.25, 0.3) is 0 Å². The molecule has 0 radical (unpaired) electrons. The molecule has 0 aliphatic rings. The van der Waals surface area contributed by atoms with Gasteiger partial charge in [-0.2, -0.15) is 0 Å². The highest BCUT2D eigenvalue weighted by Gasteiger charge is 2.21. The number of hydrogen-bond donors (Lipinski definition) is 1. The standard InChI is InChI=1S/C49H83NO2/c1-3-5-7-9-11-13-15-17-19-21-23-25-27-29-31-34-39-45-40-38-44-48(50(49(51)52)46-41-35-33-36-42-46)47(45)43-37-32-30-28-26-24-22-20-18-16-14-12-10-8-6-4-2/h33,35-36,38,40-42,44H,3-32,34,37,39,43H2,1-2H3,(H,51,52). The van der Waals surface area contributed by atoms with Crippen molar-refractivity contribution in [3.05, 3.63) is 59.7 Å². The molecular weight excluding hydrogens is 635 g/mol. The molecule has 3 heteroatoms. The first-order valence-corrected chi connectivity index (χ1v) is 22.9. The maximum absolute atomic E-state index is 12.6. The molecule has 0 aliphatic heterocycles. The maximum Gasteiger partial charge on any atom is 0.416 e. The molecule has 296 valence electrons. The van der Waals surface area contributed by atoms with Crippen molar-refractivity contribution in [1.29, 1.82) is 0 Å². The van der Waals surface area contributed by atoms with Crippen LogP contribution in [0.1, 0.15) is 230 Å². The van der Waals surface area contributed by atoms with E-state index in [4.69, 9.17) is 0 Å². The molecule has 0 saturated heterocycles. The number of nitrogens with zero attached hydrogens (tertiary/aromatic N) is 1. The predicted molar refractivity (Wildman–Crippen MR) is 230 cm³/mol. The van der Waals surface area contributed by atoms with Gasteiger partial charge in [0.25, 0.3) is 0 Å². The zero-order valence-electron chi connectivity index (χ0n) is 34.5. The lowest BCUT2D eigenvalue weighted by Crippen LogP contribution is -2.25. The summed E-state index contributed by atoms with van der Waals surface area (Å²) in [6.45, 7) is 4.59. The second kappa shape index (κ2) is 33.3. The van der Waals surface area contributed by atoms with E-state index in [2.05, 4.69) is 26.0 Å². The number of anilines is 2. The van der Waals surface area contributed by atoms with Crippen LogP contribution < -0.4 is 4.90 Å². The summed E-state index contributed by atoms with van der Waals surface area (Å²) in [4.78, 5) is 14.1. The lowest BCUT2D eigenvalue weighted by atomic mass is 9.94. The van der Waals surface area contributed by atoms with Gasteiger partial charge < -0.3 is 5.11 Å². The fourth-order valence-electron chi connectivity index (χ4n) is 8.00. The molecule has 3 nitrogen and oxygen atoms in total. The van der Waals surface area contributed by atoms with Crippen LogP contribution in [-0.2, 0) is 12.8 Å². The summed E-state index contributed by atoms with van der Waals surface area (Å²) in [6.07, 6.45) is 45.1. The maximum atomic E-state index is 12.6. The molecule has 0 unspecified atom stereocenters. The van der Waals surface area contributed by atoms with Crippen LogP contribution in [0.3, 0.4) is 0 Å². The Bertz CT molecular complexity index is 1080. The Morgan fingerprint density at radius 2 is 0.769 bits per heavy atom. The first-order valence-electron chi connectivity index (χ1n) is 22.9. The summed E-state index contributed by atoms with van der Waals surface area (Å²) in [5.41, 5.74) is 4.18. The van der Waals surface area contributed by atoms with Gasteiger partial charge in [-0.15, -0.1) is 0 Å². The van der Waals surface area contributed by atoms with E-state index in [0.29, 0.717) is 0 Å². The average Bonchev–Trinajstić information content (AvgIpc) is 3.15. The highest BCUT2D eigenvalue weighted by atomic mass is 16.4. The zero-order valence-corrected chi connectivity index (χ0v) is 34.5. The van der Waals surface area contributed by atoms with Crippen molar-refractivity contribution >= 4 is 17.5 Å². The third-order valence-electron chi connectivity index (χ3n) is 11.3. The van der Waals surface area contributed by atoms with Gasteiger partial charge in [-0.25, -0.2) is 9.69 Å². The van der Waals surface area contributed by atoms with Crippen molar-refractivity contribution in [2.24, 2.45) is 0 Å². The number of rotatable bonds is 36. The SMILES string of the molecule is CCCCCCCCCCCCCCCCCCc1cccc(N(C(=O)O)c2ccccc2)c1CCCCCCCCCCCCCCCCCC. The third-order valence-corrected chi connectivity index (χ3v) is 11.3. The second-order valence-electron chi connectivity index (χ2n) is 16.0. The van der Waals surface area contributed by atoms with Gasteiger partial charge in [0.15, 0.2) is 0 Å². The van der Waals surface area contributed by atoms with Crippen LogP contribution in [0, 0.1) is 0 Å². The van der Waals surface area contributed by atoms with Crippen LogP contribution in [0.2, 0.25) is 0 Å². The van der Waals surface area contributed by atoms with Gasteiger partial charge in [-0.3, -0.25) is 0 Å². The topological polar surface area (TPSA) is 40.5 Å². The first kappa shape index (κ1) is 45.9. The molecular formula is C49H83NO2. The van der Waals surface area contributed by atoms with Gasteiger partial charge in [0.2, 0.25) is 0 Å². The van der Waals surface area contributed by atoms with E-state index in [1.54, 1.807) is 0 Å². The van der Waals surface area contributed by atoms with Crippen molar-refractivity contribution in [3.8, 4) is 0 Å². The zero-order chi connectivity index (χ0) is 37.2. The number of carboxylic acid groups (broad SMARTS) is 1. The van der Waals surface area contributed by atoms with E-state index in [1.807, 2.05) is 36.4 Å². The number of unbranched alkanes of at least 4 members (excludes halogenated alkanes) is 30. The van der Waals surface area contributed by atoms with Gasteiger partial charge in [-0.05, 0) is 55.0 Å². The molecule has 1 amide bonds. The molecule has 2 aromatic carbocycles. The number of carbonyl (C=O) groups is 1. The van der Waals surface area contributed by atoms with Crippen LogP contribution >= 0.6 is 0 Å². The van der Waals surface area contributed by atoms with E-state index in [-0.39, 0.29) is 0 Å². The average molecular weight is 718 g/mol. The molecule has 0 aliphatic carbocycles. The molecule has 1 N–H and O–H groups in total. The molecule has 52 heavy (non-hydrogen) atoms. The minimum atomic E-state index is -0.904. The molecule has 2 aromatic rings. The van der Waals surface area contributed by atoms with Crippen LogP contribution in [0.4, 0.5) is 16.2 Å². The summed E-state index contributed by atoms with van der Waals surface area (Å²) >= 11 is 0. The summed E-state index contributed by atoms with van der Waals surface area (Å²) in [5, 5.41) is 10.4.